The van der Waals surface area contributed by atoms with Gasteiger partial charge in [0.1, 0.15) is 0 Å². The first kappa shape index (κ1) is 12.8. The molecule has 0 aliphatic heterocycles. The summed E-state index contributed by atoms with van der Waals surface area (Å²) in [6, 6.07) is 10.4. The molecule has 1 amide bonds. The molecule has 1 aromatic heterocycles. The van der Waals surface area contributed by atoms with Gasteiger partial charge in [-0.2, -0.15) is 0 Å². The Balaban J connectivity index is 1.80. The molecule has 0 atom stereocenters. The summed E-state index contributed by atoms with van der Waals surface area (Å²) >= 11 is 1.48. The van der Waals surface area contributed by atoms with Crippen molar-refractivity contribution < 1.29 is 4.79 Å². The Labute approximate surface area is 111 Å². The van der Waals surface area contributed by atoms with E-state index in [-0.39, 0.29) is 5.91 Å². The van der Waals surface area contributed by atoms with Crippen molar-refractivity contribution in [3.05, 3.63) is 47.0 Å². The predicted octanol–water partition coefficient (Wildman–Crippen LogP) is 3.28. The summed E-state index contributed by atoms with van der Waals surface area (Å²) in [5.74, 6) is -0.0693. The van der Waals surface area contributed by atoms with Gasteiger partial charge in [0.05, 0.1) is 5.69 Å². The molecule has 3 nitrogen and oxygen atoms in total. The van der Waals surface area contributed by atoms with E-state index in [2.05, 4.69) is 34.6 Å². The molecule has 0 aliphatic rings. The first-order chi connectivity index (χ1) is 8.74. The number of anilines is 1. The van der Waals surface area contributed by atoms with Crippen molar-refractivity contribution in [3.63, 3.8) is 0 Å². The van der Waals surface area contributed by atoms with E-state index in [1.54, 1.807) is 0 Å². The van der Waals surface area contributed by atoms with Crippen LogP contribution in [0.4, 0.5) is 5.13 Å². The van der Waals surface area contributed by atoms with Gasteiger partial charge in [-0.05, 0) is 24.8 Å². The SMILES string of the molecule is CC(=O)Nc1nc(CCCc2ccccc2)cs1. The maximum absolute atomic E-state index is 10.9. The van der Waals surface area contributed by atoms with E-state index < -0.39 is 0 Å². The molecule has 0 bridgehead atoms. The van der Waals surface area contributed by atoms with Crippen molar-refractivity contribution in [2.75, 3.05) is 5.32 Å². The van der Waals surface area contributed by atoms with Crippen molar-refractivity contribution >= 4 is 22.4 Å². The first-order valence-corrected chi connectivity index (χ1v) is 6.88. The van der Waals surface area contributed by atoms with Crippen molar-refractivity contribution in [1.29, 1.82) is 0 Å². The molecule has 18 heavy (non-hydrogen) atoms. The average molecular weight is 260 g/mol. The van der Waals surface area contributed by atoms with E-state index in [0.717, 1.165) is 25.0 Å². The van der Waals surface area contributed by atoms with Crippen molar-refractivity contribution in [2.45, 2.75) is 26.2 Å². The molecule has 0 unspecified atom stereocenters. The first-order valence-electron chi connectivity index (χ1n) is 6.00. The highest BCUT2D eigenvalue weighted by atomic mass is 32.1. The normalized spacial score (nSPS) is 10.3. The van der Waals surface area contributed by atoms with Crippen molar-refractivity contribution in [2.24, 2.45) is 0 Å². The van der Waals surface area contributed by atoms with Gasteiger partial charge < -0.3 is 5.32 Å². The Morgan fingerprint density at radius 2 is 2.06 bits per heavy atom. The van der Waals surface area contributed by atoms with Crippen LogP contribution in [0.2, 0.25) is 0 Å². The summed E-state index contributed by atoms with van der Waals surface area (Å²) < 4.78 is 0. The molecule has 2 aromatic rings. The number of amides is 1. The molecule has 2 rings (SSSR count). The number of aromatic nitrogens is 1. The molecular weight excluding hydrogens is 244 g/mol. The summed E-state index contributed by atoms with van der Waals surface area (Å²) in [5.41, 5.74) is 2.41. The van der Waals surface area contributed by atoms with E-state index in [4.69, 9.17) is 0 Å². The fourth-order valence-corrected chi connectivity index (χ4v) is 2.54. The van der Waals surface area contributed by atoms with Gasteiger partial charge in [0, 0.05) is 12.3 Å². The molecule has 1 aromatic carbocycles. The van der Waals surface area contributed by atoms with Crippen LogP contribution >= 0.6 is 11.3 Å². The lowest BCUT2D eigenvalue weighted by molar-refractivity contribution is -0.114. The highest BCUT2D eigenvalue weighted by molar-refractivity contribution is 7.13. The number of rotatable bonds is 5. The number of nitrogens with zero attached hydrogens (tertiary/aromatic N) is 1. The molecule has 4 heteroatoms. The standard InChI is InChI=1S/C14H16N2OS/c1-11(17)15-14-16-13(10-18-14)9-5-8-12-6-3-2-4-7-12/h2-4,6-7,10H,5,8-9H2,1H3,(H,15,16,17). The largest absolute Gasteiger partial charge is 0.302 e. The maximum Gasteiger partial charge on any atom is 0.223 e. The Kier molecular flexibility index (Phi) is 4.47. The van der Waals surface area contributed by atoms with Gasteiger partial charge in [-0.25, -0.2) is 4.98 Å². The molecular formula is C14H16N2OS. The quantitative estimate of drug-likeness (QED) is 0.896. The molecule has 0 radical (unpaired) electrons. The van der Waals surface area contributed by atoms with E-state index >= 15 is 0 Å². The number of thiazole rings is 1. The predicted molar refractivity (Wildman–Crippen MR) is 74.9 cm³/mol. The van der Waals surface area contributed by atoms with E-state index in [9.17, 15) is 4.79 Å². The number of benzene rings is 1. The number of hydrogen-bond donors (Lipinski definition) is 1. The van der Waals surface area contributed by atoms with Crippen LogP contribution in [0, 0.1) is 0 Å². The van der Waals surface area contributed by atoms with Crippen LogP contribution in [-0.4, -0.2) is 10.9 Å². The lowest BCUT2D eigenvalue weighted by Crippen LogP contribution is -2.05. The second-order valence-electron chi connectivity index (χ2n) is 4.16. The Bertz CT molecular complexity index is 508. The third kappa shape index (κ3) is 3.96. The lowest BCUT2D eigenvalue weighted by Gasteiger charge is -1.99. The average Bonchev–Trinajstić information content (AvgIpc) is 2.77. The van der Waals surface area contributed by atoms with E-state index in [1.807, 2.05) is 11.4 Å². The number of hydrogen-bond acceptors (Lipinski definition) is 3. The number of carbonyl (C=O) groups excluding carboxylic acids is 1. The van der Waals surface area contributed by atoms with Gasteiger partial charge in [0.15, 0.2) is 5.13 Å². The second kappa shape index (κ2) is 6.31. The lowest BCUT2D eigenvalue weighted by atomic mass is 10.1. The summed E-state index contributed by atoms with van der Waals surface area (Å²) in [6.45, 7) is 1.50. The summed E-state index contributed by atoms with van der Waals surface area (Å²) in [5, 5.41) is 5.40. The third-order valence-corrected chi connectivity index (χ3v) is 3.38. The molecule has 0 spiro atoms. The van der Waals surface area contributed by atoms with Crippen LogP contribution in [0.3, 0.4) is 0 Å². The summed E-state index contributed by atoms with van der Waals surface area (Å²) in [7, 11) is 0. The van der Waals surface area contributed by atoms with Gasteiger partial charge in [0.2, 0.25) is 5.91 Å². The monoisotopic (exact) mass is 260 g/mol. The van der Waals surface area contributed by atoms with Crippen molar-refractivity contribution in [1.82, 2.24) is 4.98 Å². The van der Waals surface area contributed by atoms with Gasteiger partial charge in [-0.1, -0.05) is 30.3 Å². The van der Waals surface area contributed by atoms with E-state index in [1.165, 1.54) is 23.8 Å². The zero-order chi connectivity index (χ0) is 12.8. The summed E-state index contributed by atoms with van der Waals surface area (Å²) in [6.07, 6.45) is 3.09. The Morgan fingerprint density at radius 3 is 2.78 bits per heavy atom. The van der Waals surface area contributed by atoms with Crippen LogP contribution in [0.25, 0.3) is 0 Å². The zero-order valence-electron chi connectivity index (χ0n) is 10.3. The van der Waals surface area contributed by atoms with Crippen LogP contribution < -0.4 is 5.32 Å². The van der Waals surface area contributed by atoms with Gasteiger partial charge in [-0.15, -0.1) is 11.3 Å². The van der Waals surface area contributed by atoms with E-state index in [0.29, 0.717) is 5.13 Å². The molecule has 0 aliphatic carbocycles. The summed E-state index contributed by atoms with van der Waals surface area (Å²) in [4.78, 5) is 15.2. The number of nitrogens with one attached hydrogen (secondary N) is 1. The topological polar surface area (TPSA) is 42.0 Å². The Morgan fingerprint density at radius 1 is 1.28 bits per heavy atom. The fraction of sp³-hybridized carbons (Fsp3) is 0.286. The minimum Gasteiger partial charge on any atom is -0.302 e. The molecule has 0 saturated heterocycles. The molecule has 0 saturated carbocycles. The molecule has 0 fully saturated rings. The smallest absolute Gasteiger partial charge is 0.223 e. The second-order valence-corrected chi connectivity index (χ2v) is 5.02. The van der Waals surface area contributed by atoms with Gasteiger partial charge in [0.25, 0.3) is 0 Å². The molecule has 1 heterocycles. The van der Waals surface area contributed by atoms with Crippen molar-refractivity contribution in [3.8, 4) is 0 Å². The number of carbonyl (C=O) groups is 1. The fourth-order valence-electron chi connectivity index (χ4n) is 1.75. The minimum absolute atomic E-state index is 0.0693. The molecule has 94 valence electrons. The van der Waals surface area contributed by atoms with Crippen LogP contribution in [0.1, 0.15) is 24.6 Å². The minimum atomic E-state index is -0.0693. The number of aryl methyl sites for hydroxylation is 2. The highest BCUT2D eigenvalue weighted by Crippen LogP contribution is 2.17. The highest BCUT2D eigenvalue weighted by Gasteiger charge is 2.03. The van der Waals surface area contributed by atoms with Gasteiger partial charge in [-0.3, -0.25) is 4.79 Å². The Hall–Kier alpha value is -1.68. The van der Waals surface area contributed by atoms with Crippen LogP contribution in [0.5, 0.6) is 0 Å². The zero-order valence-corrected chi connectivity index (χ0v) is 11.2. The van der Waals surface area contributed by atoms with Crippen LogP contribution in [0.15, 0.2) is 35.7 Å². The van der Waals surface area contributed by atoms with Gasteiger partial charge >= 0.3 is 0 Å². The molecule has 1 N–H and O–H groups in total. The third-order valence-electron chi connectivity index (χ3n) is 2.58. The van der Waals surface area contributed by atoms with Crippen LogP contribution in [-0.2, 0) is 17.6 Å². The maximum atomic E-state index is 10.9.